The van der Waals surface area contributed by atoms with E-state index in [1.807, 2.05) is 82.3 Å². The largest absolute Gasteiger partial charge is 0.507 e. The molecule has 0 bridgehead atoms. The second-order valence-electron chi connectivity index (χ2n) is 8.51. The molecule has 1 aliphatic rings. The first kappa shape index (κ1) is 22.3. The molecule has 168 valence electrons. The summed E-state index contributed by atoms with van der Waals surface area (Å²) >= 11 is 0. The van der Waals surface area contributed by atoms with Gasteiger partial charge in [-0.3, -0.25) is 14.5 Å². The normalized spacial score (nSPS) is 17.6. The third kappa shape index (κ3) is 4.14. The number of hydrogen-bond acceptors (Lipinski definition) is 4. The molecule has 0 aliphatic carbocycles. The van der Waals surface area contributed by atoms with E-state index in [9.17, 15) is 14.7 Å². The van der Waals surface area contributed by atoms with E-state index in [2.05, 4.69) is 0 Å². The van der Waals surface area contributed by atoms with Crippen LogP contribution < -0.4 is 9.64 Å². The molecule has 5 nitrogen and oxygen atoms in total. The molecule has 0 saturated carbocycles. The Morgan fingerprint density at radius 1 is 0.909 bits per heavy atom. The summed E-state index contributed by atoms with van der Waals surface area (Å²) in [6.07, 6.45) is 0.0145. The van der Waals surface area contributed by atoms with Crippen LogP contribution in [0.1, 0.15) is 42.1 Å². The van der Waals surface area contributed by atoms with Gasteiger partial charge in [-0.15, -0.1) is 0 Å². The second kappa shape index (κ2) is 8.94. The van der Waals surface area contributed by atoms with E-state index in [1.54, 1.807) is 18.2 Å². The number of aliphatic hydroxyl groups is 1. The van der Waals surface area contributed by atoms with Crippen molar-refractivity contribution in [2.45, 2.75) is 39.8 Å². The smallest absolute Gasteiger partial charge is 0.300 e. The van der Waals surface area contributed by atoms with Crippen LogP contribution in [0.2, 0.25) is 0 Å². The molecule has 0 spiro atoms. The van der Waals surface area contributed by atoms with Gasteiger partial charge in [-0.05, 0) is 68.7 Å². The number of aliphatic hydroxyl groups excluding tert-OH is 1. The molecular weight excluding hydrogens is 414 g/mol. The molecule has 1 fully saturated rings. The fourth-order valence-corrected chi connectivity index (χ4v) is 4.20. The highest BCUT2D eigenvalue weighted by atomic mass is 16.5. The van der Waals surface area contributed by atoms with Crippen LogP contribution >= 0.6 is 0 Å². The van der Waals surface area contributed by atoms with E-state index in [1.165, 1.54) is 4.90 Å². The van der Waals surface area contributed by atoms with Crippen molar-refractivity contribution >= 4 is 23.1 Å². The number of hydrogen-bond donors (Lipinski definition) is 1. The minimum absolute atomic E-state index is 0.0145. The Balaban J connectivity index is 1.90. The predicted octanol–water partition coefficient (Wildman–Crippen LogP) is 5.72. The van der Waals surface area contributed by atoms with Gasteiger partial charge in [0.05, 0.1) is 17.7 Å². The van der Waals surface area contributed by atoms with Crippen LogP contribution in [0.4, 0.5) is 5.69 Å². The van der Waals surface area contributed by atoms with Crippen LogP contribution in [0, 0.1) is 13.8 Å². The zero-order chi connectivity index (χ0) is 23.7. The van der Waals surface area contributed by atoms with Gasteiger partial charge in [-0.2, -0.15) is 0 Å². The topological polar surface area (TPSA) is 66.8 Å². The Kier molecular flexibility index (Phi) is 6.05. The first-order valence-electron chi connectivity index (χ1n) is 11.0. The number of para-hydroxylation sites is 1. The molecular formula is C28H27NO4. The van der Waals surface area contributed by atoms with E-state index in [-0.39, 0.29) is 17.4 Å². The average molecular weight is 442 g/mol. The molecule has 3 aromatic rings. The number of carbonyl (C=O) groups is 2. The van der Waals surface area contributed by atoms with Gasteiger partial charge in [-0.25, -0.2) is 0 Å². The molecule has 1 unspecified atom stereocenters. The standard InChI is InChI=1S/C28H27NO4/c1-17(2)33-23-15-14-21(16-19(23)4)26(30)24-25(20-11-6-5-7-12-20)29(28(32)27(24)31)22-13-9-8-10-18(22)3/h5-17,25,30H,1-4H3/b26-24-. The highest BCUT2D eigenvalue weighted by Gasteiger charge is 2.47. The summed E-state index contributed by atoms with van der Waals surface area (Å²) in [6, 6.07) is 21.3. The van der Waals surface area contributed by atoms with Crippen molar-refractivity contribution in [1.82, 2.24) is 0 Å². The number of benzene rings is 3. The van der Waals surface area contributed by atoms with Crippen molar-refractivity contribution < 1.29 is 19.4 Å². The number of aryl methyl sites for hydroxylation is 2. The SMILES string of the molecule is Cc1cc(/C(O)=C2/C(=O)C(=O)N(c3ccccc3C)C2c2ccccc2)ccc1OC(C)C. The lowest BCUT2D eigenvalue weighted by atomic mass is 9.94. The van der Waals surface area contributed by atoms with Crippen LogP contribution in [0.25, 0.3) is 5.76 Å². The van der Waals surface area contributed by atoms with E-state index < -0.39 is 17.7 Å². The molecule has 1 amide bonds. The van der Waals surface area contributed by atoms with Gasteiger partial charge in [0, 0.05) is 11.3 Å². The first-order chi connectivity index (χ1) is 15.8. The summed E-state index contributed by atoms with van der Waals surface area (Å²) in [5, 5.41) is 11.3. The number of nitrogens with zero attached hydrogens (tertiary/aromatic N) is 1. The number of amides is 1. The van der Waals surface area contributed by atoms with Gasteiger partial charge in [0.2, 0.25) is 0 Å². The van der Waals surface area contributed by atoms with Crippen molar-refractivity contribution in [3.05, 3.63) is 101 Å². The summed E-state index contributed by atoms with van der Waals surface area (Å²) in [5.74, 6) is -0.847. The van der Waals surface area contributed by atoms with Gasteiger partial charge in [0.15, 0.2) is 0 Å². The molecule has 1 saturated heterocycles. The summed E-state index contributed by atoms with van der Waals surface area (Å²) in [7, 11) is 0. The van der Waals surface area contributed by atoms with Gasteiger partial charge in [0.25, 0.3) is 11.7 Å². The number of Topliss-reactive ketones (excluding diaryl/α,β-unsaturated/α-hetero) is 1. The number of ether oxygens (including phenoxy) is 1. The molecule has 3 aromatic carbocycles. The summed E-state index contributed by atoms with van der Waals surface area (Å²) in [4.78, 5) is 28.0. The fourth-order valence-electron chi connectivity index (χ4n) is 4.20. The second-order valence-corrected chi connectivity index (χ2v) is 8.51. The zero-order valence-corrected chi connectivity index (χ0v) is 19.2. The summed E-state index contributed by atoms with van der Waals surface area (Å²) in [6.45, 7) is 7.67. The Labute approximate surface area is 193 Å². The van der Waals surface area contributed by atoms with Gasteiger partial charge in [-0.1, -0.05) is 48.5 Å². The lowest BCUT2D eigenvalue weighted by Crippen LogP contribution is -2.30. The van der Waals surface area contributed by atoms with Crippen molar-refractivity contribution in [3.8, 4) is 5.75 Å². The Hall–Kier alpha value is -3.86. The van der Waals surface area contributed by atoms with Crippen LogP contribution in [0.3, 0.4) is 0 Å². The van der Waals surface area contributed by atoms with Crippen molar-refractivity contribution in [1.29, 1.82) is 0 Å². The Morgan fingerprint density at radius 3 is 2.21 bits per heavy atom. The van der Waals surface area contributed by atoms with Crippen LogP contribution in [-0.2, 0) is 9.59 Å². The predicted molar refractivity (Wildman–Crippen MR) is 129 cm³/mol. The van der Waals surface area contributed by atoms with Gasteiger partial charge >= 0.3 is 0 Å². The molecule has 1 atom stereocenters. The number of rotatable bonds is 5. The maximum absolute atomic E-state index is 13.3. The maximum atomic E-state index is 13.3. The molecule has 0 radical (unpaired) electrons. The van der Waals surface area contributed by atoms with Crippen molar-refractivity contribution in [2.75, 3.05) is 4.90 Å². The highest BCUT2D eigenvalue weighted by Crippen LogP contribution is 2.43. The van der Waals surface area contributed by atoms with Crippen molar-refractivity contribution in [3.63, 3.8) is 0 Å². The lowest BCUT2D eigenvalue weighted by molar-refractivity contribution is -0.132. The van der Waals surface area contributed by atoms with E-state index in [0.717, 1.165) is 16.7 Å². The van der Waals surface area contributed by atoms with E-state index in [4.69, 9.17) is 4.74 Å². The molecule has 1 N–H and O–H groups in total. The molecule has 5 heteroatoms. The summed E-state index contributed by atoms with van der Waals surface area (Å²) < 4.78 is 5.79. The molecule has 0 aromatic heterocycles. The molecule has 1 heterocycles. The third-order valence-corrected chi connectivity index (χ3v) is 5.75. The maximum Gasteiger partial charge on any atom is 0.300 e. The Morgan fingerprint density at radius 2 is 1.58 bits per heavy atom. The van der Waals surface area contributed by atoms with Crippen molar-refractivity contribution in [2.24, 2.45) is 0 Å². The fraction of sp³-hybridized carbons (Fsp3) is 0.214. The van der Waals surface area contributed by atoms with Gasteiger partial charge in [0.1, 0.15) is 11.5 Å². The minimum Gasteiger partial charge on any atom is -0.507 e. The van der Waals surface area contributed by atoms with Crippen LogP contribution in [-0.4, -0.2) is 22.9 Å². The van der Waals surface area contributed by atoms with Crippen LogP contribution in [0.5, 0.6) is 5.75 Å². The van der Waals surface area contributed by atoms with Gasteiger partial charge < -0.3 is 9.84 Å². The summed E-state index contributed by atoms with van der Waals surface area (Å²) in [5.41, 5.74) is 3.63. The quantitative estimate of drug-likeness (QED) is 0.313. The molecule has 1 aliphatic heterocycles. The number of anilines is 1. The zero-order valence-electron chi connectivity index (χ0n) is 19.2. The minimum atomic E-state index is -0.737. The van der Waals surface area contributed by atoms with Crippen LogP contribution in [0.15, 0.2) is 78.4 Å². The van der Waals surface area contributed by atoms with E-state index in [0.29, 0.717) is 17.0 Å². The van der Waals surface area contributed by atoms with E-state index >= 15 is 0 Å². The number of carbonyl (C=O) groups excluding carboxylic acids is 2. The average Bonchev–Trinajstić information content (AvgIpc) is 3.06. The first-order valence-corrected chi connectivity index (χ1v) is 11.0. The molecule has 4 rings (SSSR count). The number of ketones is 1. The Bertz CT molecular complexity index is 1240. The molecule has 33 heavy (non-hydrogen) atoms. The highest BCUT2D eigenvalue weighted by molar-refractivity contribution is 6.51. The lowest BCUT2D eigenvalue weighted by Gasteiger charge is -2.26. The third-order valence-electron chi connectivity index (χ3n) is 5.75. The monoisotopic (exact) mass is 441 g/mol.